The maximum atomic E-state index is 10.3. The first-order valence-corrected chi connectivity index (χ1v) is 6.20. The van der Waals surface area contributed by atoms with E-state index >= 15 is 0 Å². The Bertz CT molecular complexity index is 359. The van der Waals surface area contributed by atoms with Crippen LogP contribution in [0.15, 0.2) is 24.3 Å². The predicted molar refractivity (Wildman–Crippen MR) is 68.5 cm³/mol. The quantitative estimate of drug-likeness (QED) is 0.744. The molecule has 1 rings (SSSR count). The highest BCUT2D eigenvalue weighted by Crippen LogP contribution is 2.15. The molecule has 0 aliphatic carbocycles. The molecule has 0 spiro atoms. The minimum atomic E-state index is -1.03. The number of aliphatic carboxylic acids is 1. The summed E-state index contributed by atoms with van der Waals surface area (Å²) in [6, 6.07) is 7.70. The fraction of sp³-hybridized carbons (Fsp3) is 0.500. The summed E-state index contributed by atoms with van der Waals surface area (Å²) in [6.45, 7) is 1.77. The molecule has 0 saturated heterocycles. The minimum Gasteiger partial charge on any atom is -0.480 e. The van der Waals surface area contributed by atoms with Gasteiger partial charge in [0.2, 0.25) is 0 Å². The number of carboxylic acids is 1. The van der Waals surface area contributed by atoms with Crippen molar-refractivity contribution >= 4 is 5.97 Å². The van der Waals surface area contributed by atoms with Crippen molar-refractivity contribution < 1.29 is 19.7 Å². The van der Waals surface area contributed by atoms with Gasteiger partial charge in [0, 0.05) is 0 Å². The molecular formula is C14H20O4. The molecule has 18 heavy (non-hydrogen) atoms. The average Bonchev–Trinajstić information content (AvgIpc) is 2.36. The van der Waals surface area contributed by atoms with E-state index in [2.05, 4.69) is 6.92 Å². The van der Waals surface area contributed by atoms with Crippen LogP contribution in [0.4, 0.5) is 0 Å². The van der Waals surface area contributed by atoms with E-state index in [0.717, 1.165) is 24.8 Å². The van der Waals surface area contributed by atoms with Gasteiger partial charge in [0.05, 0.1) is 6.61 Å². The Labute approximate surface area is 107 Å². The molecule has 0 aliphatic heterocycles. The minimum absolute atomic E-state index is 0.000602. The summed E-state index contributed by atoms with van der Waals surface area (Å²) in [6.07, 6.45) is 2.59. The molecule has 0 aromatic heterocycles. The Morgan fingerprint density at radius 3 is 2.56 bits per heavy atom. The first-order valence-electron chi connectivity index (χ1n) is 6.20. The number of aliphatic hydroxyl groups excluding tert-OH is 1. The number of carbonyl (C=O) groups is 1. The van der Waals surface area contributed by atoms with Gasteiger partial charge in [-0.1, -0.05) is 37.6 Å². The predicted octanol–water partition coefficient (Wildman–Crippen LogP) is 2.16. The Morgan fingerprint density at radius 2 is 2.00 bits per heavy atom. The van der Waals surface area contributed by atoms with Crippen LogP contribution in [0.3, 0.4) is 0 Å². The molecule has 1 aromatic carbocycles. The molecule has 1 unspecified atom stereocenters. The molecule has 2 N–H and O–H groups in total. The van der Waals surface area contributed by atoms with Crippen molar-refractivity contribution in [1.82, 2.24) is 0 Å². The molecule has 4 nitrogen and oxygen atoms in total. The molecule has 1 atom stereocenters. The average molecular weight is 252 g/mol. The standard InChI is InChI=1S/C14H20O4/c1-2-3-4-11-5-7-12(8-6-11)13(15)9-18-10-14(16)17/h5-8,13,15H,2-4,9-10H2,1H3,(H,16,17). The van der Waals surface area contributed by atoms with Crippen molar-refractivity contribution in [3.05, 3.63) is 35.4 Å². The lowest BCUT2D eigenvalue weighted by atomic mass is 10.0. The van der Waals surface area contributed by atoms with E-state index in [1.54, 1.807) is 0 Å². The van der Waals surface area contributed by atoms with Crippen molar-refractivity contribution in [3.63, 3.8) is 0 Å². The fourth-order valence-corrected chi connectivity index (χ4v) is 1.64. The molecule has 0 heterocycles. The molecule has 100 valence electrons. The summed E-state index contributed by atoms with van der Waals surface area (Å²) in [7, 11) is 0. The van der Waals surface area contributed by atoms with Crippen LogP contribution in [-0.2, 0) is 16.0 Å². The van der Waals surface area contributed by atoms with E-state index in [4.69, 9.17) is 9.84 Å². The SMILES string of the molecule is CCCCc1ccc(C(O)COCC(=O)O)cc1. The third kappa shape index (κ3) is 5.29. The van der Waals surface area contributed by atoms with Gasteiger partial charge >= 0.3 is 5.97 Å². The zero-order valence-corrected chi connectivity index (χ0v) is 10.6. The van der Waals surface area contributed by atoms with Crippen LogP contribution in [0.1, 0.15) is 37.0 Å². The summed E-state index contributed by atoms with van der Waals surface area (Å²) in [5.41, 5.74) is 2.00. The highest BCUT2D eigenvalue weighted by atomic mass is 16.5. The normalized spacial score (nSPS) is 12.3. The maximum absolute atomic E-state index is 10.3. The topological polar surface area (TPSA) is 66.8 Å². The lowest BCUT2D eigenvalue weighted by Gasteiger charge is -2.11. The van der Waals surface area contributed by atoms with E-state index in [0.29, 0.717) is 0 Å². The summed E-state index contributed by atoms with van der Waals surface area (Å²) in [5.74, 6) is -1.03. The zero-order valence-electron chi connectivity index (χ0n) is 10.6. The zero-order chi connectivity index (χ0) is 13.4. The van der Waals surface area contributed by atoms with Crippen LogP contribution in [0.2, 0.25) is 0 Å². The van der Waals surface area contributed by atoms with Gasteiger partial charge in [-0.3, -0.25) is 0 Å². The summed E-state index contributed by atoms with van der Waals surface area (Å²) in [5, 5.41) is 18.2. The number of aliphatic hydroxyl groups is 1. The second-order valence-corrected chi connectivity index (χ2v) is 4.27. The number of ether oxygens (including phenoxy) is 1. The molecule has 0 aliphatic rings. The molecule has 0 amide bonds. The van der Waals surface area contributed by atoms with Gasteiger partial charge in [-0.05, 0) is 24.0 Å². The Kier molecular flexibility index (Phi) is 6.39. The molecular weight excluding hydrogens is 232 g/mol. The molecule has 4 heteroatoms. The number of hydrogen-bond donors (Lipinski definition) is 2. The largest absolute Gasteiger partial charge is 0.480 e. The van der Waals surface area contributed by atoms with Crippen molar-refractivity contribution in [2.45, 2.75) is 32.3 Å². The van der Waals surface area contributed by atoms with Crippen molar-refractivity contribution in [2.75, 3.05) is 13.2 Å². The van der Waals surface area contributed by atoms with Crippen LogP contribution in [-0.4, -0.2) is 29.4 Å². The van der Waals surface area contributed by atoms with Crippen molar-refractivity contribution in [1.29, 1.82) is 0 Å². The highest BCUT2D eigenvalue weighted by Gasteiger charge is 2.08. The van der Waals surface area contributed by atoms with Crippen LogP contribution in [0.5, 0.6) is 0 Å². The third-order valence-corrected chi connectivity index (χ3v) is 2.68. The van der Waals surface area contributed by atoms with E-state index in [1.165, 1.54) is 5.56 Å². The van der Waals surface area contributed by atoms with Crippen LogP contribution in [0.25, 0.3) is 0 Å². The number of aryl methyl sites for hydroxylation is 1. The van der Waals surface area contributed by atoms with Gasteiger partial charge < -0.3 is 14.9 Å². The fourth-order valence-electron chi connectivity index (χ4n) is 1.64. The van der Waals surface area contributed by atoms with Gasteiger partial charge in [-0.15, -0.1) is 0 Å². The van der Waals surface area contributed by atoms with Gasteiger partial charge in [-0.25, -0.2) is 4.79 Å². The van der Waals surface area contributed by atoms with Gasteiger partial charge in [-0.2, -0.15) is 0 Å². The van der Waals surface area contributed by atoms with Gasteiger partial charge in [0.1, 0.15) is 12.7 Å². The van der Waals surface area contributed by atoms with Gasteiger partial charge in [0.15, 0.2) is 0 Å². The van der Waals surface area contributed by atoms with Crippen LogP contribution in [0, 0.1) is 0 Å². The van der Waals surface area contributed by atoms with Gasteiger partial charge in [0.25, 0.3) is 0 Å². The molecule has 0 saturated carbocycles. The molecule has 0 fully saturated rings. The Hall–Kier alpha value is -1.39. The molecule has 0 radical (unpaired) electrons. The lowest BCUT2D eigenvalue weighted by molar-refractivity contribution is -0.143. The molecule has 0 bridgehead atoms. The summed E-state index contributed by atoms with van der Waals surface area (Å²) >= 11 is 0. The number of benzene rings is 1. The first kappa shape index (κ1) is 14.7. The summed E-state index contributed by atoms with van der Waals surface area (Å²) in [4.78, 5) is 10.3. The smallest absolute Gasteiger partial charge is 0.329 e. The van der Waals surface area contributed by atoms with E-state index in [-0.39, 0.29) is 13.2 Å². The lowest BCUT2D eigenvalue weighted by Crippen LogP contribution is -2.13. The third-order valence-electron chi connectivity index (χ3n) is 2.68. The Morgan fingerprint density at radius 1 is 1.33 bits per heavy atom. The van der Waals surface area contributed by atoms with Crippen molar-refractivity contribution in [3.8, 4) is 0 Å². The first-order chi connectivity index (χ1) is 8.63. The van der Waals surface area contributed by atoms with E-state index in [1.807, 2.05) is 24.3 Å². The number of carboxylic acid groups (broad SMARTS) is 1. The number of unbranched alkanes of at least 4 members (excludes halogenated alkanes) is 1. The van der Waals surface area contributed by atoms with Crippen LogP contribution < -0.4 is 0 Å². The second kappa shape index (κ2) is 7.84. The monoisotopic (exact) mass is 252 g/mol. The highest BCUT2D eigenvalue weighted by molar-refractivity contribution is 5.67. The van der Waals surface area contributed by atoms with Crippen molar-refractivity contribution in [2.24, 2.45) is 0 Å². The van der Waals surface area contributed by atoms with E-state index < -0.39 is 12.1 Å². The number of rotatable bonds is 8. The maximum Gasteiger partial charge on any atom is 0.329 e. The Balaban J connectivity index is 2.43. The second-order valence-electron chi connectivity index (χ2n) is 4.27. The van der Waals surface area contributed by atoms with E-state index in [9.17, 15) is 9.90 Å². The summed E-state index contributed by atoms with van der Waals surface area (Å²) < 4.78 is 4.86. The van der Waals surface area contributed by atoms with Crippen LogP contribution >= 0.6 is 0 Å². The molecule has 1 aromatic rings. The number of hydrogen-bond acceptors (Lipinski definition) is 3.